The third-order valence-electron chi connectivity index (χ3n) is 2.49. The van der Waals surface area contributed by atoms with Gasteiger partial charge in [0.25, 0.3) is 0 Å². The second-order valence-electron chi connectivity index (χ2n) is 3.60. The number of ether oxygens (including phenoxy) is 1. The van der Waals surface area contributed by atoms with Gasteiger partial charge in [0.15, 0.2) is 11.8 Å². The highest BCUT2D eigenvalue weighted by molar-refractivity contribution is 9.10. The Morgan fingerprint density at radius 1 is 1.18 bits per heavy atom. The fourth-order valence-corrected chi connectivity index (χ4v) is 2.19. The van der Waals surface area contributed by atoms with E-state index in [0.717, 1.165) is 15.8 Å². The number of benzene rings is 1. The molecule has 1 heterocycles. The minimum absolute atomic E-state index is 0.0365. The number of halogens is 1. The molecule has 0 saturated heterocycles. The number of methoxy groups -OCH3 is 1. The summed E-state index contributed by atoms with van der Waals surface area (Å²) >= 11 is 3.39. The molecular weight excluding hydrogens is 286 g/mol. The Labute approximate surface area is 107 Å². The zero-order chi connectivity index (χ0) is 12.4. The van der Waals surface area contributed by atoms with Crippen molar-refractivity contribution in [2.45, 2.75) is 6.54 Å². The lowest BCUT2D eigenvalue weighted by atomic mass is 10.2. The third kappa shape index (κ3) is 2.39. The number of aromatic nitrogens is 1. The van der Waals surface area contributed by atoms with Crippen molar-refractivity contribution in [1.82, 2.24) is 4.57 Å². The first kappa shape index (κ1) is 11.9. The summed E-state index contributed by atoms with van der Waals surface area (Å²) in [6.07, 6.45) is 0. The molecule has 0 bridgehead atoms. The summed E-state index contributed by atoms with van der Waals surface area (Å²) in [5, 5.41) is 19.1. The Hall–Kier alpha value is -1.62. The van der Waals surface area contributed by atoms with Gasteiger partial charge in [-0.15, -0.1) is 0 Å². The van der Waals surface area contributed by atoms with E-state index in [1.54, 1.807) is 7.11 Å². The van der Waals surface area contributed by atoms with Crippen molar-refractivity contribution in [3.63, 3.8) is 0 Å². The highest BCUT2D eigenvalue weighted by atomic mass is 79.9. The van der Waals surface area contributed by atoms with E-state index in [-0.39, 0.29) is 11.8 Å². The van der Waals surface area contributed by atoms with Gasteiger partial charge in [-0.2, -0.15) is 0 Å². The standard InChI is InChI=1S/C12H12BrNO3/c1-17-10-3-2-8(6-9(10)13)7-14-11(15)4-5-12(14)16/h2-6,15-16H,7H2,1H3. The summed E-state index contributed by atoms with van der Waals surface area (Å²) in [6.45, 7) is 0.396. The molecule has 0 atom stereocenters. The van der Waals surface area contributed by atoms with Gasteiger partial charge in [-0.05, 0) is 33.6 Å². The van der Waals surface area contributed by atoms with Crippen LogP contribution in [-0.4, -0.2) is 21.9 Å². The zero-order valence-electron chi connectivity index (χ0n) is 9.22. The van der Waals surface area contributed by atoms with Gasteiger partial charge in [-0.3, -0.25) is 4.57 Å². The molecule has 2 N–H and O–H groups in total. The molecule has 0 spiro atoms. The van der Waals surface area contributed by atoms with Crippen molar-refractivity contribution < 1.29 is 14.9 Å². The highest BCUT2D eigenvalue weighted by Crippen LogP contribution is 2.28. The number of aromatic hydroxyl groups is 2. The van der Waals surface area contributed by atoms with Gasteiger partial charge in [-0.25, -0.2) is 0 Å². The van der Waals surface area contributed by atoms with Gasteiger partial charge in [0, 0.05) is 12.1 Å². The van der Waals surface area contributed by atoms with Crippen LogP contribution in [0.1, 0.15) is 5.56 Å². The van der Waals surface area contributed by atoms with Crippen LogP contribution in [0, 0.1) is 0 Å². The van der Waals surface area contributed by atoms with E-state index in [2.05, 4.69) is 15.9 Å². The fraction of sp³-hybridized carbons (Fsp3) is 0.167. The van der Waals surface area contributed by atoms with E-state index in [4.69, 9.17) is 4.74 Å². The van der Waals surface area contributed by atoms with Crippen LogP contribution in [0.25, 0.3) is 0 Å². The minimum Gasteiger partial charge on any atom is -0.496 e. The molecule has 0 aliphatic rings. The lowest BCUT2D eigenvalue weighted by Gasteiger charge is -2.09. The molecule has 1 aromatic heterocycles. The molecule has 5 heteroatoms. The van der Waals surface area contributed by atoms with E-state index < -0.39 is 0 Å². The van der Waals surface area contributed by atoms with Crippen LogP contribution < -0.4 is 4.74 Å². The average molecular weight is 298 g/mol. The molecule has 2 aromatic rings. The first-order valence-electron chi connectivity index (χ1n) is 5.01. The molecule has 0 aliphatic carbocycles. The normalized spacial score (nSPS) is 10.5. The van der Waals surface area contributed by atoms with E-state index in [0.29, 0.717) is 6.54 Å². The van der Waals surface area contributed by atoms with E-state index >= 15 is 0 Å². The predicted molar refractivity (Wildman–Crippen MR) is 67.6 cm³/mol. The SMILES string of the molecule is COc1ccc(Cn2c(O)ccc2O)cc1Br. The quantitative estimate of drug-likeness (QED) is 0.916. The zero-order valence-corrected chi connectivity index (χ0v) is 10.8. The van der Waals surface area contributed by atoms with Crippen molar-refractivity contribution in [1.29, 1.82) is 0 Å². The highest BCUT2D eigenvalue weighted by Gasteiger charge is 2.07. The first-order valence-corrected chi connectivity index (χ1v) is 5.81. The maximum atomic E-state index is 9.53. The van der Waals surface area contributed by atoms with Crippen molar-refractivity contribution in [3.05, 3.63) is 40.4 Å². The third-order valence-corrected chi connectivity index (χ3v) is 3.11. The molecule has 0 aliphatic heterocycles. The average Bonchev–Trinajstić information content (AvgIpc) is 2.61. The Kier molecular flexibility index (Phi) is 3.28. The Balaban J connectivity index is 2.28. The summed E-state index contributed by atoms with van der Waals surface area (Å²) in [7, 11) is 1.60. The molecule has 17 heavy (non-hydrogen) atoms. The molecule has 1 aromatic carbocycles. The van der Waals surface area contributed by atoms with Crippen molar-refractivity contribution in [2.24, 2.45) is 0 Å². The molecule has 0 fully saturated rings. The summed E-state index contributed by atoms with van der Waals surface area (Å²) < 4.78 is 7.38. The first-order chi connectivity index (χ1) is 8.11. The van der Waals surface area contributed by atoms with Crippen LogP contribution in [0.2, 0.25) is 0 Å². The van der Waals surface area contributed by atoms with Crippen LogP contribution in [0.5, 0.6) is 17.5 Å². The monoisotopic (exact) mass is 297 g/mol. The van der Waals surface area contributed by atoms with E-state index in [1.807, 2.05) is 18.2 Å². The lowest BCUT2D eigenvalue weighted by molar-refractivity contribution is 0.377. The van der Waals surface area contributed by atoms with E-state index in [9.17, 15) is 10.2 Å². The van der Waals surface area contributed by atoms with Crippen molar-refractivity contribution in [2.75, 3.05) is 7.11 Å². The van der Waals surface area contributed by atoms with Gasteiger partial charge in [-0.1, -0.05) is 6.07 Å². The largest absolute Gasteiger partial charge is 0.496 e. The Morgan fingerprint density at radius 3 is 2.35 bits per heavy atom. The predicted octanol–water partition coefficient (Wildman–Crippen LogP) is 2.72. The summed E-state index contributed by atoms with van der Waals surface area (Å²) in [5.41, 5.74) is 0.944. The van der Waals surface area contributed by atoms with Crippen LogP contribution in [-0.2, 0) is 6.54 Å². The molecular formula is C12H12BrNO3. The second-order valence-corrected chi connectivity index (χ2v) is 4.46. The van der Waals surface area contributed by atoms with Crippen LogP contribution in [0.15, 0.2) is 34.8 Å². The van der Waals surface area contributed by atoms with Crippen LogP contribution in [0.3, 0.4) is 0 Å². The van der Waals surface area contributed by atoms with Crippen LogP contribution in [0.4, 0.5) is 0 Å². The number of hydrogen-bond donors (Lipinski definition) is 2. The van der Waals surface area contributed by atoms with Crippen LogP contribution >= 0.6 is 15.9 Å². The van der Waals surface area contributed by atoms with E-state index in [1.165, 1.54) is 16.7 Å². The molecule has 0 amide bonds. The lowest BCUT2D eigenvalue weighted by Crippen LogP contribution is -1.98. The number of rotatable bonds is 3. The summed E-state index contributed by atoms with van der Waals surface area (Å²) in [5.74, 6) is 0.818. The molecule has 0 unspecified atom stereocenters. The minimum atomic E-state index is 0.0365. The Bertz CT molecular complexity index is 517. The molecule has 90 valence electrons. The molecule has 0 saturated carbocycles. The summed E-state index contributed by atoms with van der Waals surface area (Å²) in [4.78, 5) is 0. The number of nitrogens with zero attached hydrogens (tertiary/aromatic N) is 1. The molecule has 2 rings (SSSR count). The smallest absolute Gasteiger partial charge is 0.194 e. The summed E-state index contributed by atoms with van der Waals surface area (Å²) in [6, 6.07) is 8.50. The van der Waals surface area contributed by atoms with Gasteiger partial charge >= 0.3 is 0 Å². The van der Waals surface area contributed by atoms with Crippen molar-refractivity contribution >= 4 is 15.9 Å². The fourth-order valence-electron chi connectivity index (χ4n) is 1.60. The van der Waals surface area contributed by atoms with Crippen molar-refractivity contribution in [3.8, 4) is 17.5 Å². The second kappa shape index (κ2) is 4.71. The molecule has 0 radical (unpaired) electrons. The van der Waals surface area contributed by atoms with Gasteiger partial charge in [0.1, 0.15) is 5.75 Å². The Morgan fingerprint density at radius 2 is 1.82 bits per heavy atom. The maximum absolute atomic E-state index is 9.53. The topological polar surface area (TPSA) is 54.6 Å². The maximum Gasteiger partial charge on any atom is 0.194 e. The molecule has 4 nitrogen and oxygen atoms in total. The number of hydrogen-bond acceptors (Lipinski definition) is 3. The van der Waals surface area contributed by atoms with Gasteiger partial charge < -0.3 is 14.9 Å². The van der Waals surface area contributed by atoms with Gasteiger partial charge in [0.2, 0.25) is 0 Å². The van der Waals surface area contributed by atoms with Gasteiger partial charge in [0.05, 0.1) is 18.1 Å².